The lowest BCUT2D eigenvalue weighted by Gasteiger charge is -2.30. The van der Waals surface area contributed by atoms with Crippen molar-refractivity contribution in [3.8, 4) is 0 Å². The van der Waals surface area contributed by atoms with Gasteiger partial charge in [0, 0.05) is 25.2 Å². The standard InChI is InChI=1S/C60H105NO8/c1-5-8-11-13-17-24-30-49-43-51(49)32-26-19-15-21-28-35-57(62)66-46-54(68-58(63)36-29-22-16-20-27-33-52-44-50(52)31-25-18-14-12-9-6-2)47-67-59(64)45-53-37-38-56(55(53)34-23-10-7-3)69-60(65)48-39-41-61(4)42-40-48/h10,23,48-56H,5-9,11-22,24-47H2,1-4H3/b23-10-. The van der Waals surface area contributed by atoms with Crippen LogP contribution in [0.4, 0.5) is 0 Å². The number of allylic oxidation sites excluding steroid dienone is 2. The number of piperidine rings is 1. The average Bonchev–Trinajstić information content (AvgIpc) is 4.25. The molecule has 0 aromatic heterocycles. The second-order valence-corrected chi connectivity index (χ2v) is 22.6. The van der Waals surface area contributed by atoms with Gasteiger partial charge in [-0.3, -0.25) is 19.2 Å². The van der Waals surface area contributed by atoms with Crippen LogP contribution in [0.5, 0.6) is 0 Å². The number of ether oxygens (including phenoxy) is 4. The van der Waals surface area contributed by atoms with E-state index in [1.165, 1.54) is 141 Å². The smallest absolute Gasteiger partial charge is 0.309 e. The average molecular weight is 968 g/mol. The SMILES string of the molecule is CC/C=C\CC1C(CC(=O)OCC(COC(=O)CCCCCCCC2CC2CCCCCCCC)OC(=O)CCCCCCCC2CC2CCCCCCCC)CCC1OC(=O)C1CCN(C)CC1. The fourth-order valence-corrected chi connectivity index (χ4v) is 11.7. The maximum Gasteiger partial charge on any atom is 0.309 e. The highest BCUT2D eigenvalue weighted by molar-refractivity contribution is 5.73. The predicted octanol–water partition coefficient (Wildman–Crippen LogP) is 15.2. The maximum absolute atomic E-state index is 13.4. The fourth-order valence-electron chi connectivity index (χ4n) is 11.7. The molecule has 8 unspecified atom stereocenters. The Kier molecular flexibility index (Phi) is 31.3. The molecule has 0 N–H and O–H groups in total. The van der Waals surface area contributed by atoms with Crippen molar-refractivity contribution in [2.75, 3.05) is 33.4 Å². The Balaban J connectivity index is 1.14. The van der Waals surface area contributed by atoms with Crippen molar-refractivity contribution in [1.29, 1.82) is 0 Å². The molecule has 3 saturated carbocycles. The topological polar surface area (TPSA) is 108 Å². The molecule has 398 valence electrons. The fraction of sp³-hybridized carbons (Fsp3) is 0.900. The zero-order valence-corrected chi connectivity index (χ0v) is 45.1. The molecule has 0 bridgehead atoms. The van der Waals surface area contributed by atoms with Gasteiger partial charge in [-0.25, -0.2) is 0 Å². The Morgan fingerprint density at radius 1 is 0.522 bits per heavy atom. The molecule has 1 heterocycles. The Hall–Kier alpha value is -2.42. The van der Waals surface area contributed by atoms with Crippen LogP contribution in [0.3, 0.4) is 0 Å². The van der Waals surface area contributed by atoms with Gasteiger partial charge in [-0.2, -0.15) is 0 Å². The Morgan fingerprint density at radius 2 is 0.986 bits per heavy atom. The molecule has 1 saturated heterocycles. The number of hydrogen-bond acceptors (Lipinski definition) is 9. The molecular weight excluding hydrogens is 863 g/mol. The van der Waals surface area contributed by atoms with Crippen molar-refractivity contribution in [3.63, 3.8) is 0 Å². The Morgan fingerprint density at radius 3 is 1.49 bits per heavy atom. The molecule has 0 aromatic rings. The Labute approximate surface area is 422 Å². The summed E-state index contributed by atoms with van der Waals surface area (Å²) in [5.74, 6) is 2.74. The number of unbranched alkanes of at least 4 members (excludes halogenated alkanes) is 18. The highest BCUT2D eigenvalue weighted by Crippen LogP contribution is 2.47. The van der Waals surface area contributed by atoms with Crippen LogP contribution in [0, 0.1) is 41.4 Å². The highest BCUT2D eigenvalue weighted by Gasteiger charge is 2.41. The first-order chi connectivity index (χ1) is 33.7. The van der Waals surface area contributed by atoms with Crippen LogP contribution in [-0.2, 0) is 38.1 Å². The molecule has 4 rings (SSSR count). The minimum absolute atomic E-state index is 0.0180. The van der Waals surface area contributed by atoms with Gasteiger partial charge in [0.25, 0.3) is 0 Å². The lowest BCUT2D eigenvalue weighted by molar-refractivity contribution is -0.167. The van der Waals surface area contributed by atoms with E-state index in [1.807, 2.05) is 0 Å². The van der Waals surface area contributed by atoms with E-state index in [0.717, 1.165) is 114 Å². The third-order valence-corrected chi connectivity index (χ3v) is 16.5. The van der Waals surface area contributed by atoms with E-state index >= 15 is 0 Å². The molecule has 0 spiro atoms. The van der Waals surface area contributed by atoms with Crippen molar-refractivity contribution in [2.24, 2.45) is 41.4 Å². The zero-order chi connectivity index (χ0) is 49.3. The van der Waals surface area contributed by atoms with Gasteiger partial charge in [0.2, 0.25) is 0 Å². The van der Waals surface area contributed by atoms with Crippen LogP contribution in [0.1, 0.15) is 258 Å². The van der Waals surface area contributed by atoms with Gasteiger partial charge in [0.05, 0.1) is 5.92 Å². The minimum atomic E-state index is -0.851. The van der Waals surface area contributed by atoms with Gasteiger partial charge < -0.3 is 23.8 Å². The van der Waals surface area contributed by atoms with E-state index in [0.29, 0.717) is 12.8 Å². The highest BCUT2D eigenvalue weighted by atomic mass is 16.6. The summed E-state index contributed by atoms with van der Waals surface area (Å²) in [7, 11) is 2.09. The number of rotatable bonds is 42. The van der Waals surface area contributed by atoms with E-state index in [2.05, 4.69) is 44.9 Å². The van der Waals surface area contributed by atoms with E-state index in [-0.39, 0.29) is 67.4 Å². The second-order valence-electron chi connectivity index (χ2n) is 22.6. The molecule has 4 fully saturated rings. The van der Waals surface area contributed by atoms with Gasteiger partial charge in [0.1, 0.15) is 19.3 Å². The first-order valence-corrected chi connectivity index (χ1v) is 29.7. The predicted molar refractivity (Wildman–Crippen MR) is 281 cm³/mol. The van der Waals surface area contributed by atoms with Crippen molar-refractivity contribution < 1.29 is 38.1 Å². The monoisotopic (exact) mass is 968 g/mol. The summed E-state index contributed by atoms with van der Waals surface area (Å²) < 4.78 is 23.5. The first-order valence-electron chi connectivity index (χ1n) is 29.7. The van der Waals surface area contributed by atoms with Crippen LogP contribution < -0.4 is 0 Å². The van der Waals surface area contributed by atoms with Gasteiger partial charge in [-0.05, 0) is 114 Å². The number of likely N-dealkylation sites (tertiary alicyclic amines) is 1. The van der Waals surface area contributed by atoms with Gasteiger partial charge in [-0.15, -0.1) is 0 Å². The summed E-state index contributed by atoms with van der Waals surface area (Å²) in [6, 6.07) is 0. The summed E-state index contributed by atoms with van der Waals surface area (Å²) in [6.45, 7) is 8.19. The van der Waals surface area contributed by atoms with Crippen molar-refractivity contribution in [3.05, 3.63) is 12.2 Å². The van der Waals surface area contributed by atoms with Crippen LogP contribution in [0.15, 0.2) is 12.2 Å². The van der Waals surface area contributed by atoms with Crippen molar-refractivity contribution in [1.82, 2.24) is 4.90 Å². The molecule has 0 amide bonds. The minimum Gasteiger partial charge on any atom is -0.462 e. The number of nitrogens with zero attached hydrogens (tertiary/aromatic N) is 1. The summed E-state index contributed by atoms with van der Waals surface area (Å²) in [6.07, 6.45) is 44.7. The van der Waals surface area contributed by atoms with Gasteiger partial charge >= 0.3 is 23.9 Å². The van der Waals surface area contributed by atoms with Crippen LogP contribution in [0.2, 0.25) is 0 Å². The summed E-state index contributed by atoms with van der Waals surface area (Å²) in [5.41, 5.74) is 0. The van der Waals surface area contributed by atoms with E-state index in [1.54, 1.807) is 0 Å². The molecule has 1 aliphatic heterocycles. The third kappa shape index (κ3) is 26.7. The van der Waals surface area contributed by atoms with Crippen LogP contribution in [0.25, 0.3) is 0 Å². The normalized spacial score (nSPS) is 24.1. The molecule has 3 aliphatic carbocycles. The van der Waals surface area contributed by atoms with Crippen LogP contribution in [-0.4, -0.2) is 74.3 Å². The van der Waals surface area contributed by atoms with Gasteiger partial charge in [-0.1, -0.05) is 187 Å². The van der Waals surface area contributed by atoms with Gasteiger partial charge in [0.15, 0.2) is 6.10 Å². The molecule has 8 atom stereocenters. The molecule has 9 nitrogen and oxygen atoms in total. The summed E-state index contributed by atoms with van der Waals surface area (Å²) in [5, 5.41) is 0. The lowest BCUT2D eigenvalue weighted by Crippen LogP contribution is -2.36. The number of hydrogen-bond donors (Lipinski definition) is 0. The molecule has 9 heteroatoms. The van der Waals surface area contributed by atoms with E-state index in [4.69, 9.17) is 18.9 Å². The summed E-state index contributed by atoms with van der Waals surface area (Å²) in [4.78, 5) is 54.9. The zero-order valence-electron chi connectivity index (χ0n) is 45.1. The molecular formula is C60H105NO8. The molecule has 0 aromatic carbocycles. The van der Waals surface area contributed by atoms with Crippen molar-refractivity contribution >= 4 is 23.9 Å². The molecule has 4 aliphatic rings. The second kappa shape index (κ2) is 36.5. The quantitative estimate of drug-likeness (QED) is 0.0256. The van der Waals surface area contributed by atoms with Crippen LogP contribution >= 0.6 is 0 Å². The molecule has 0 radical (unpaired) electrons. The number of carbonyl (C=O) groups excluding carboxylic acids is 4. The Bertz CT molecular complexity index is 1410. The number of carbonyl (C=O) groups is 4. The summed E-state index contributed by atoms with van der Waals surface area (Å²) >= 11 is 0. The first kappa shape index (κ1) is 59.1. The third-order valence-electron chi connectivity index (χ3n) is 16.5. The molecule has 69 heavy (non-hydrogen) atoms. The largest absolute Gasteiger partial charge is 0.462 e. The van der Waals surface area contributed by atoms with Crippen molar-refractivity contribution in [2.45, 2.75) is 271 Å². The van der Waals surface area contributed by atoms with E-state index < -0.39 is 6.10 Å². The van der Waals surface area contributed by atoms with E-state index in [9.17, 15) is 19.2 Å². The maximum atomic E-state index is 13.4. The number of esters is 4. The lowest BCUT2D eigenvalue weighted by atomic mass is 9.88.